The van der Waals surface area contributed by atoms with Gasteiger partial charge in [0, 0.05) is 44.8 Å². The second-order valence-electron chi connectivity index (χ2n) is 4.72. The fourth-order valence-corrected chi connectivity index (χ4v) is 2.72. The Morgan fingerprint density at radius 2 is 2.14 bits per heavy atom. The van der Waals surface area contributed by atoms with Crippen molar-refractivity contribution in [1.29, 1.82) is 0 Å². The van der Waals surface area contributed by atoms with Crippen molar-refractivity contribution in [2.45, 2.75) is 18.2 Å². The molecular weight excluding hydrogens is 178 g/mol. The molecule has 14 heavy (non-hydrogen) atoms. The second kappa shape index (κ2) is 3.45. The van der Waals surface area contributed by atoms with Crippen molar-refractivity contribution in [3.05, 3.63) is 0 Å². The smallest absolute Gasteiger partial charge is 0.0869 e. The molecule has 3 heterocycles. The fraction of sp³-hybridized carbons (Fsp3) is 1.00. The zero-order valence-corrected chi connectivity index (χ0v) is 8.78. The quantitative estimate of drug-likeness (QED) is 0.582. The maximum absolute atomic E-state index is 5.82. The van der Waals surface area contributed by atoms with Gasteiger partial charge in [-0.1, -0.05) is 0 Å². The number of nitrogens with zero attached hydrogens (tertiary/aromatic N) is 2. The fourth-order valence-electron chi connectivity index (χ4n) is 2.72. The van der Waals surface area contributed by atoms with Crippen molar-refractivity contribution in [3.63, 3.8) is 0 Å². The molecule has 0 aromatic heterocycles. The molecule has 3 fully saturated rings. The Labute approximate surface area is 85.2 Å². The van der Waals surface area contributed by atoms with E-state index in [2.05, 4.69) is 22.2 Å². The SMILES string of the molecule is CN1CCOC2CN(C3CNC3)CC21. The van der Waals surface area contributed by atoms with E-state index in [1.165, 1.54) is 19.6 Å². The number of hydrogen-bond donors (Lipinski definition) is 1. The molecule has 0 saturated carbocycles. The number of hydrogen-bond acceptors (Lipinski definition) is 4. The maximum atomic E-state index is 5.82. The molecule has 2 unspecified atom stereocenters. The van der Waals surface area contributed by atoms with E-state index in [1.54, 1.807) is 0 Å². The van der Waals surface area contributed by atoms with Crippen molar-refractivity contribution >= 4 is 0 Å². The molecule has 3 aliphatic heterocycles. The Bertz CT molecular complexity index is 219. The topological polar surface area (TPSA) is 27.7 Å². The molecule has 0 spiro atoms. The van der Waals surface area contributed by atoms with Gasteiger partial charge in [-0.05, 0) is 7.05 Å². The number of likely N-dealkylation sites (N-methyl/N-ethyl adjacent to an activating group) is 1. The third-order valence-electron chi connectivity index (χ3n) is 3.88. The van der Waals surface area contributed by atoms with Crippen LogP contribution in [0.25, 0.3) is 0 Å². The van der Waals surface area contributed by atoms with Gasteiger partial charge >= 0.3 is 0 Å². The van der Waals surface area contributed by atoms with Crippen molar-refractivity contribution in [2.75, 3.05) is 46.4 Å². The van der Waals surface area contributed by atoms with Crippen LogP contribution in [0.4, 0.5) is 0 Å². The molecule has 3 aliphatic rings. The highest BCUT2D eigenvalue weighted by molar-refractivity contribution is 4.98. The largest absolute Gasteiger partial charge is 0.374 e. The summed E-state index contributed by atoms with van der Waals surface area (Å²) in [6, 6.07) is 1.42. The molecule has 1 N–H and O–H groups in total. The Morgan fingerprint density at radius 3 is 2.79 bits per heavy atom. The first-order valence-electron chi connectivity index (χ1n) is 5.61. The van der Waals surface area contributed by atoms with Crippen LogP contribution in [0.1, 0.15) is 0 Å². The van der Waals surface area contributed by atoms with Gasteiger partial charge in [0.2, 0.25) is 0 Å². The highest BCUT2D eigenvalue weighted by Gasteiger charge is 2.41. The lowest BCUT2D eigenvalue weighted by Gasteiger charge is -2.36. The van der Waals surface area contributed by atoms with E-state index in [0.29, 0.717) is 12.1 Å². The lowest BCUT2D eigenvalue weighted by atomic mass is 10.1. The third-order valence-corrected chi connectivity index (χ3v) is 3.88. The number of nitrogens with one attached hydrogen (secondary N) is 1. The lowest BCUT2D eigenvalue weighted by molar-refractivity contribution is -0.0373. The highest BCUT2D eigenvalue weighted by atomic mass is 16.5. The van der Waals surface area contributed by atoms with Crippen LogP contribution in [0.5, 0.6) is 0 Å². The number of likely N-dealkylation sites (tertiary alicyclic amines) is 1. The molecular formula is C10H19N3O. The summed E-state index contributed by atoms with van der Waals surface area (Å²) in [4.78, 5) is 5.05. The first-order valence-corrected chi connectivity index (χ1v) is 5.61. The molecule has 3 rings (SSSR count). The van der Waals surface area contributed by atoms with Gasteiger partial charge < -0.3 is 10.1 Å². The first-order chi connectivity index (χ1) is 6.84. The molecule has 0 radical (unpaired) electrons. The first kappa shape index (κ1) is 9.09. The Balaban J connectivity index is 1.65. The Kier molecular flexibility index (Phi) is 2.24. The minimum Gasteiger partial charge on any atom is -0.374 e. The van der Waals surface area contributed by atoms with E-state index in [4.69, 9.17) is 4.74 Å². The predicted molar refractivity (Wildman–Crippen MR) is 54.4 cm³/mol. The van der Waals surface area contributed by atoms with E-state index in [1.807, 2.05) is 0 Å². The lowest BCUT2D eigenvalue weighted by Crippen LogP contribution is -2.56. The average Bonchev–Trinajstić information content (AvgIpc) is 2.46. The molecule has 4 heteroatoms. The summed E-state index contributed by atoms with van der Waals surface area (Å²) >= 11 is 0. The molecule has 4 nitrogen and oxygen atoms in total. The van der Waals surface area contributed by atoms with Crippen LogP contribution in [-0.2, 0) is 4.74 Å². The average molecular weight is 197 g/mol. The van der Waals surface area contributed by atoms with Gasteiger partial charge in [0.1, 0.15) is 0 Å². The Hall–Kier alpha value is -0.160. The molecule has 0 bridgehead atoms. The summed E-state index contributed by atoms with van der Waals surface area (Å²) in [5.74, 6) is 0. The molecule has 0 aromatic rings. The van der Waals surface area contributed by atoms with Gasteiger partial charge in [0.05, 0.1) is 12.7 Å². The predicted octanol–water partition coefficient (Wildman–Crippen LogP) is -1.03. The van der Waals surface area contributed by atoms with Crippen molar-refractivity contribution in [3.8, 4) is 0 Å². The monoisotopic (exact) mass is 197 g/mol. The van der Waals surface area contributed by atoms with Crippen LogP contribution in [0, 0.1) is 0 Å². The van der Waals surface area contributed by atoms with Gasteiger partial charge in [0.25, 0.3) is 0 Å². The minimum atomic E-state index is 0.467. The summed E-state index contributed by atoms with van der Waals surface area (Å²) in [5.41, 5.74) is 0. The van der Waals surface area contributed by atoms with Crippen molar-refractivity contribution in [1.82, 2.24) is 15.1 Å². The molecule has 80 valence electrons. The molecule has 2 atom stereocenters. The Morgan fingerprint density at radius 1 is 1.29 bits per heavy atom. The van der Waals surface area contributed by atoms with E-state index in [9.17, 15) is 0 Å². The summed E-state index contributed by atoms with van der Waals surface area (Å²) in [6.07, 6.45) is 0.467. The number of fused-ring (bicyclic) bond motifs is 1. The van der Waals surface area contributed by atoms with Crippen LogP contribution in [0.3, 0.4) is 0 Å². The van der Waals surface area contributed by atoms with Crippen molar-refractivity contribution < 1.29 is 4.74 Å². The standard InChI is InChI=1S/C10H19N3O/c1-12-2-3-14-10-7-13(6-9(10)12)8-4-11-5-8/h8-11H,2-7H2,1H3. The van der Waals surface area contributed by atoms with E-state index in [-0.39, 0.29) is 0 Å². The minimum absolute atomic E-state index is 0.467. The van der Waals surface area contributed by atoms with Crippen LogP contribution < -0.4 is 5.32 Å². The molecule has 0 aromatic carbocycles. The molecule has 0 amide bonds. The van der Waals surface area contributed by atoms with Crippen LogP contribution in [0.2, 0.25) is 0 Å². The van der Waals surface area contributed by atoms with E-state index in [0.717, 1.165) is 25.7 Å². The van der Waals surface area contributed by atoms with Crippen LogP contribution in [0.15, 0.2) is 0 Å². The zero-order chi connectivity index (χ0) is 9.54. The number of morpholine rings is 1. The summed E-state index contributed by atoms with van der Waals surface area (Å²) in [5, 5.41) is 3.33. The molecule has 3 saturated heterocycles. The summed E-state index contributed by atoms with van der Waals surface area (Å²) in [6.45, 7) is 6.69. The zero-order valence-electron chi connectivity index (χ0n) is 8.78. The maximum Gasteiger partial charge on any atom is 0.0869 e. The summed E-state index contributed by atoms with van der Waals surface area (Å²) < 4.78 is 5.82. The third kappa shape index (κ3) is 1.37. The van der Waals surface area contributed by atoms with Gasteiger partial charge in [0.15, 0.2) is 0 Å². The van der Waals surface area contributed by atoms with E-state index < -0.39 is 0 Å². The van der Waals surface area contributed by atoms with Crippen LogP contribution in [-0.4, -0.2) is 74.4 Å². The number of rotatable bonds is 1. The van der Waals surface area contributed by atoms with E-state index >= 15 is 0 Å². The van der Waals surface area contributed by atoms with Crippen molar-refractivity contribution in [2.24, 2.45) is 0 Å². The number of ether oxygens (including phenoxy) is 1. The van der Waals surface area contributed by atoms with Gasteiger partial charge in [-0.2, -0.15) is 0 Å². The van der Waals surface area contributed by atoms with Crippen LogP contribution >= 0.6 is 0 Å². The highest BCUT2D eigenvalue weighted by Crippen LogP contribution is 2.24. The summed E-state index contributed by atoms with van der Waals surface area (Å²) in [7, 11) is 2.22. The van der Waals surface area contributed by atoms with Gasteiger partial charge in [-0.25, -0.2) is 0 Å². The van der Waals surface area contributed by atoms with Gasteiger partial charge in [-0.3, -0.25) is 9.80 Å². The molecule has 0 aliphatic carbocycles. The second-order valence-corrected chi connectivity index (χ2v) is 4.72. The van der Waals surface area contributed by atoms with Gasteiger partial charge in [-0.15, -0.1) is 0 Å². The normalized spacial score (nSPS) is 40.9.